The second-order valence-electron chi connectivity index (χ2n) is 6.17. The van der Waals surface area contributed by atoms with Gasteiger partial charge in [0, 0.05) is 26.7 Å². The molecular formula is C14H27N3O3. The van der Waals surface area contributed by atoms with E-state index in [2.05, 4.69) is 17.3 Å². The zero-order chi connectivity index (χ0) is 15.3. The largest absolute Gasteiger partial charge is 0.481 e. The van der Waals surface area contributed by atoms with Gasteiger partial charge in [-0.25, -0.2) is 4.79 Å². The topological polar surface area (TPSA) is 72.9 Å². The number of carboxylic acid groups (broad SMARTS) is 1. The molecule has 6 nitrogen and oxygen atoms in total. The highest BCUT2D eigenvalue weighted by Crippen LogP contribution is 2.15. The third kappa shape index (κ3) is 5.00. The number of carbonyl (C=O) groups excluding carboxylic acids is 1. The lowest BCUT2D eigenvalue weighted by atomic mass is 9.96. The molecule has 1 aliphatic rings. The minimum absolute atomic E-state index is 0.00147. The molecule has 0 aromatic heterocycles. The van der Waals surface area contributed by atoms with Gasteiger partial charge in [-0.05, 0) is 31.8 Å². The number of amides is 2. The summed E-state index contributed by atoms with van der Waals surface area (Å²) in [7, 11) is 3.85. The van der Waals surface area contributed by atoms with Crippen LogP contribution in [0.2, 0.25) is 0 Å². The highest BCUT2D eigenvalue weighted by atomic mass is 16.4. The van der Waals surface area contributed by atoms with Gasteiger partial charge in [-0.1, -0.05) is 13.8 Å². The number of nitrogens with one attached hydrogen (secondary N) is 1. The molecule has 116 valence electrons. The zero-order valence-corrected chi connectivity index (χ0v) is 12.9. The van der Waals surface area contributed by atoms with E-state index < -0.39 is 11.9 Å². The highest BCUT2D eigenvalue weighted by Gasteiger charge is 2.25. The molecule has 0 aromatic rings. The first kappa shape index (κ1) is 16.8. The van der Waals surface area contributed by atoms with E-state index in [0.717, 1.165) is 26.1 Å². The maximum Gasteiger partial charge on any atom is 0.317 e. The summed E-state index contributed by atoms with van der Waals surface area (Å²) in [5.74, 6) is -0.886. The predicted octanol–water partition coefficient (Wildman–Crippen LogP) is 0.936. The fraction of sp³-hybridized carbons (Fsp3) is 0.857. The Balaban J connectivity index is 2.36. The molecule has 0 saturated carbocycles. The number of hydrogen-bond acceptors (Lipinski definition) is 3. The number of carboxylic acids is 1. The molecule has 1 aliphatic heterocycles. The molecule has 1 heterocycles. The fourth-order valence-corrected chi connectivity index (χ4v) is 2.59. The Morgan fingerprint density at radius 3 is 2.55 bits per heavy atom. The van der Waals surface area contributed by atoms with E-state index in [1.807, 2.05) is 13.8 Å². The summed E-state index contributed by atoms with van der Waals surface area (Å²) in [6.45, 7) is 6.69. The van der Waals surface area contributed by atoms with Gasteiger partial charge in [-0.3, -0.25) is 4.79 Å². The molecule has 2 unspecified atom stereocenters. The lowest BCUT2D eigenvalue weighted by Crippen LogP contribution is -2.43. The van der Waals surface area contributed by atoms with Gasteiger partial charge in [-0.2, -0.15) is 0 Å². The van der Waals surface area contributed by atoms with Gasteiger partial charge in [0.1, 0.15) is 0 Å². The quantitative estimate of drug-likeness (QED) is 0.761. The lowest BCUT2D eigenvalue weighted by molar-refractivity contribution is -0.142. The summed E-state index contributed by atoms with van der Waals surface area (Å²) >= 11 is 0. The van der Waals surface area contributed by atoms with Crippen LogP contribution in [-0.2, 0) is 4.79 Å². The van der Waals surface area contributed by atoms with Gasteiger partial charge in [0.2, 0.25) is 0 Å². The van der Waals surface area contributed by atoms with Gasteiger partial charge in [0.25, 0.3) is 0 Å². The van der Waals surface area contributed by atoms with Crippen molar-refractivity contribution in [3.8, 4) is 0 Å². The van der Waals surface area contributed by atoms with Crippen molar-refractivity contribution in [1.29, 1.82) is 0 Å². The fourth-order valence-electron chi connectivity index (χ4n) is 2.59. The van der Waals surface area contributed by atoms with Crippen LogP contribution < -0.4 is 5.32 Å². The third-order valence-electron chi connectivity index (χ3n) is 3.96. The van der Waals surface area contributed by atoms with Crippen molar-refractivity contribution in [2.75, 3.05) is 40.3 Å². The lowest BCUT2D eigenvalue weighted by Gasteiger charge is -2.23. The maximum absolute atomic E-state index is 12.0. The monoisotopic (exact) mass is 285 g/mol. The second kappa shape index (κ2) is 7.47. The first-order chi connectivity index (χ1) is 9.31. The molecule has 2 amide bonds. The third-order valence-corrected chi connectivity index (χ3v) is 3.96. The number of aliphatic carboxylic acids is 1. The van der Waals surface area contributed by atoms with Crippen molar-refractivity contribution in [3.63, 3.8) is 0 Å². The van der Waals surface area contributed by atoms with Crippen LogP contribution in [0, 0.1) is 17.8 Å². The van der Waals surface area contributed by atoms with Crippen LogP contribution in [0.15, 0.2) is 0 Å². The first-order valence-corrected chi connectivity index (χ1v) is 7.21. The SMILES string of the molecule is CC(C)C(CNC(=O)N(C)CC1CCN(C)C1)C(=O)O. The van der Waals surface area contributed by atoms with Gasteiger partial charge in [0.05, 0.1) is 5.92 Å². The highest BCUT2D eigenvalue weighted by molar-refractivity contribution is 5.75. The first-order valence-electron chi connectivity index (χ1n) is 7.21. The number of hydrogen-bond donors (Lipinski definition) is 2. The molecule has 2 atom stereocenters. The molecule has 0 radical (unpaired) electrons. The van der Waals surface area contributed by atoms with Crippen molar-refractivity contribution in [1.82, 2.24) is 15.1 Å². The Morgan fingerprint density at radius 2 is 2.10 bits per heavy atom. The normalized spacial score (nSPS) is 20.9. The minimum Gasteiger partial charge on any atom is -0.481 e. The van der Waals surface area contributed by atoms with Crippen LogP contribution in [-0.4, -0.2) is 67.2 Å². The summed E-state index contributed by atoms with van der Waals surface area (Å²) in [5.41, 5.74) is 0. The number of urea groups is 1. The average Bonchev–Trinajstić information content (AvgIpc) is 2.73. The molecule has 6 heteroatoms. The zero-order valence-electron chi connectivity index (χ0n) is 12.9. The van der Waals surface area contributed by atoms with Crippen LogP contribution in [0.4, 0.5) is 4.79 Å². The Bertz CT molecular complexity index is 347. The summed E-state index contributed by atoms with van der Waals surface area (Å²) in [6, 6.07) is -0.188. The number of likely N-dealkylation sites (tertiary alicyclic amines) is 1. The summed E-state index contributed by atoms with van der Waals surface area (Å²) in [6.07, 6.45) is 1.11. The van der Waals surface area contributed by atoms with Gasteiger partial charge in [0.15, 0.2) is 0 Å². The van der Waals surface area contributed by atoms with Crippen molar-refractivity contribution >= 4 is 12.0 Å². The van der Waals surface area contributed by atoms with Crippen molar-refractivity contribution in [2.45, 2.75) is 20.3 Å². The van der Waals surface area contributed by atoms with E-state index in [1.54, 1.807) is 11.9 Å². The molecule has 0 spiro atoms. The van der Waals surface area contributed by atoms with Gasteiger partial charge < -0.3 is 20.2 Å². The second-order valence-corrected chi connectivity index (χ2v) is 6.17. The molecule has 0 aliphatic carbocycles. The van der Waals surface area contributed by atoms with Crippen molar-refractivity contribution < 1.29 is 14.7 Å². The summed E-state index contributed by atoms with van der Waals surface area (Å²) in [4.78, 5) is 27.0. The molecule has 2 N–H and O–H groups in total. The minimum atomic E-state index is -0.861. The summed E-state index contributed by atoms with van der Waals surface area (Å²) < 4.78 is 0. The average molecular weight is 285 g/mol. The molecule has 1 rings (SSSR count). The van der Waals surface area contributed by atoms with Crippen LogP contribution in [0.1, 0.15) is 20.3 Å². The Kier molecular flexibility index (Phi) is 6.26. The number of rotatable bonds is 6. The van der Waals surface area contributed by atoms with Gasteiger partial charge >= 0.3 is 12.0 Å². The smallest absolute Gasteiger partial charge is 0.317 e. The molecule has 0 bridgehead atoms. The number of carbonyl (C=O) groups is 2. The van der Waals surface area contributed by atoms with E-state index in [4.69, 9.17) is 5.11 Å². The van der Waals surface area contributed by atoms with E-state index >= 15 is 0 Å². The van der Waals surface area contributed by atoms with Crippen molar-refractivity contribution in [3.05, 3.63) is 0 Å². The van der Waals surface area contributed by atoms with Gasteiger partial charge in [-0.15, -0.1) is 0 Å². The predicted molar refractivity (Wildman–Crippen MR) is 77.6 cm³/mol. The van der Waals surface area contributed by atoms with E-state index in [9.17, 15) is 9.59 Å². The van der Waals surface area contributed by atoms with Crippen LogP contribution in [0.3, 0.4) is 0 Å². The molecular weight excluding hydrogens is 258 g/mol. The standard InChI is InChI=1S/C14H27N3O3/c1-10(2)12(13(18)19)7-15-14(20)17(4)9-11-5-6-16(3)8-11/h10-12H,5-9H2,1-4H3,(H,15,20)(H,18,19). The van der Waals surface area contributed by atoms with E-state index in [1.165, 1.54) is 0 Å². The van der Waals surface area contributed by atoms with Crippen LogP contribution in [0.25, 0.3) is 0 Å². The maximum atomic E-state index is 12.0. The van der Waals surface area contributed by atoms with Crippen LogP contribution in [0.5, 0.6) is 0 Å². The Hall–Kier alpha value is -1.30. The molecule has 1 saturated heterocycles. The number of nitrogens with zero attached hydrogens (tertiary/aromatic N) is 2. The summed E-state index contributed by atoms with van der Waals surface area (Å²) in [5, 5.41) is 11.8. The molecule has 20 heavy (non-hydrogen) atoms. The Morgan fingerprint density at radius 1 is 1.45 bits per heavy atom. The Labute approximate surface area is 121 Å². The van der Waals surface area contributed by atoms with Crippen molar-refractivity contribution in [2.24, 2.45) is 17.8 Å². The molecule has 0 aromatic carbocycles. The van der Waals surface area contributed by atoms with Crippen LogP contribution >= 0.6 is 0 Å². The van der Waals surface area contributed by atoms with E-state index in [-0.39, 0.29) is 18.5 Å². The van der Waals surface area contributed by atoms with E-state index in [0.29, 0.717) is 5.92 Å². The molecule has 1 fully saturated rings.